The van der Waals surface area contributed by atoms with E-state index in [1.54, 1.807) is 6.07 Å². The van der Waals surface area contributed by atoms with Crippen LogP contribution in [-0.4, -0.2) is 35.0 Å². The predicted molar refractivity (Wildman–Crippen MR) is 85.9 cm³/mol. The molecule has 0 fully saturated rings. The van der Waals surface area contributed by atoms with Crippen molar-refractivity contribution < 1.29 is 19.1 Å². The Hall–Kier alpha value is -1.47. The van der Waals surface area contributed by atoms with Gasteiger partial charge < -0.3 is 14.8 Å². The van der Waals surface area contributed by atoms with Gasteiger partial charge in [-0.05, 0) is 30.7 Å². The quantitative estimate of drug-likeness (QED) is 0.762. The zero-order valence-electron chi connectivity index (χ0n) is 11.3. The third-order valence-electron chi connectivity index (χ3n) is 2.75. The third-order valence-corrected chi connectivity index (χ3v) is 4.15. The fourth-order valence-electron chi connectivity index (χ4n) is 1.88. The number of hydrogen-bond acceptors (Lipinski definition) is 4. The van der Waals surface area contributed by atoms with E-state index in [9.17, 15) is 9.59 Å². The van der Waals surface area contributed by atoms with E-state index in [0.29, 0.717) is 17.9 Å². The lowest BCUT2D eigenvalue weighted by Gasteiger charge is -2.01. The maximum atomic E-state index is 12.0. The first-order chi connectivity index (χ1) is 9.97. The number of benzene rings is 1. The number of thioether (sulfide) groups is 1. The summed E-state index contributed by atoms with van der Waals surface area (Å²) in [5, 5.41) is 12.1. The number of carboxylic acid groups (broad SMARTS) is 1. The van der Waals surface area contributed by atoms with Crippen LogP contribution in [0.5, 0.6) is 0 Å². The molecule has 0 saturated heterocycles. The van der Waals surface area contributed by atoms with Gasteiger partial charge in [-0.2, -0.15) is 0 Å². The molecule has 0 saturated carbocycles. The molecule has 0 aliphatic rings. The zero-order chi connectivity index (χ0) is 15.4. The summed E-state index contributed by atoms with van der Waals surface area (Å²) in [4.78, 5) is 22.3. The van der Waals surface area contributed by atoms with Gasteiger partial charge in [-0.25, -0.2) is 0 Å². The Labute approximate surface area is 134 Å². The molecule has 1 heterocycles. The Bertz CT molecular complexity index is 683. The highest BCUT2D eigenvalue weighted by Crippen LogP contribution is 2.26. The molecule has 0 unspecified atom stereocenters. The van der Waals surface area contributed by atoms with Gasteiger partial charge in [-0.3, -0.25) is 9.59 Å². The molecular formula is C14H14BrNO4S. The van der Waals surface area contributed by atoms with Crippen LogP contribution >= 0.6 is 27.7 Å². The van der Waals surface area contributed by atoms with Gasteiger partial charge in [-0.15, -0.1) is 11.8 Å². The van der Waals surface area contributed by atoms with E-state index in [2.05, 4.69) is 21.2 Å². The summed E-state index contributed by atoms with van der Waals surface area (Å²) < 4.78 is 6.51. The van der Waals surface area contributed by atoms with Gasteiger partial charge in [0.1, 0.15) is 5.58 Å². The summed E-state index contributed by atoms with van der Waals surface area (Å²) in [5.74, 6) is -0.312. The van der Waals surface area contributed by atoms with E-state index in [4.69, 9.17) is 9.52 Å². The number of halogens is 1. The normalized spacial score (nSPS) is 10.8. The number of carboxylic acids is 1. The Morgan fingerprint density at radius 2 is 2.14 bits per heavy atom. The highest BCUT2D eigenvalue weighted by Gasteiger charge is 2.13. The van der Waals surface area contributed by atoms with Crippen LogP contribution < -0.4 is 5.32 Å². The minimum atomic E-state index is -0.857. The number of aliphatic carboxylic acids is 1. The van der Waals surface area contributed by atoms with Crippen molar-refractivity contribution in [3.63, 3.8) is 0 Å². The summed E-state index contributed by atoms with van der Waals surface area (Å²) in [6.07, 6.45) is 0. The highest BCUT2D eigenvalue weighted by atomic mass is 79.9. The second kappa shape index (κ2) is 7.00. The fourth-order valence-corrected chi connectivity index (χ4v) is 3.03. The lowest BCUT2D eigenvalue weighted by atomic mass is 10.2. The molecule has 2 N–H and O–H groups in total. The largest absolute Gasteiger partial charge is 0.481 e. The Morgan fingerprint density at radius 3 is 2.86 bits per heavy atom. The van der Waals surface area contributed by atoms with E-state index in [1.165, 1.54) is 11.8 Å². The Kier molecular flexibility index (Phi) is 5.30. The minimum Gasteiger partial charge on any atom is -0.481 e. The van der Waals surface area contributed by atoms with E-state index in [0.717, 1.165) is 15.4 Å². The average Bonchev–Trinajstić information content (AvgIpc) is 2.82. The molecule has 1 aromatic carbocycles. The molecule has 0 spiro atoms. The molecule has 2 aromatic rings. The molecule has 2 rings (SSSR count). The summed E-state index contributed by atoms with van der Waals surface area (Å²) in [7, 11) is 0. The standard InChI is InChI=1S/C14H14BrNO4S/c1-8-4-10(15)5-9-6-11(20-13(8)9)14(19)16-2-3-21-7-12(17)18/h4-6H,2-3,7H2,1H3,(H,16,19)(H,17,18). The maximum Gasteiger partial charge on any atom is 0.313 e. The van der Waals surface area contributed by atoms with Crippen molar-refractivity contribution in [2.45, 2.75) is 6.92 Å². The van der Waals surface area contributed by atoms with Crippen LogP contribution in [-0.2, 0) is 4.79 Å². The van der Waals surface area contributed by atoms with Crippen molar-refractivity contribution >= 4 is 50.5 Å². The van der Waals surface area contributed by atoms with Crippen LogP contribution in [0.1, 0.15) is 16.1 Å². The number of aryl methyl sites for hydroxylation is 1. The molecule has 112 valence electrons. The Morgan fingerprint density at radius 1 is 1.38 bits per heavy atom. The Balaban J connectivity index is 1.97. The van der Waals surface area contributed by atoms with E-state index in [1.807, 2.05) is 19.1 Å². The molecule has 0 atom stereocenters. The molecule has 0 bridgehead atoms. The summed E-state index contributed by atoms with van der Waals surface area (Å²) >= 11 is 4.66. The second-order valence-corrected chi connectivity index (χ2v) is 6.47. The van der Waals surface area contributed by atoms with Crippen LogP contribution in [0, 0.1) is 6.92 Å². The van der Waals surface area contributed by atoms with Gasteiger partial charge in [0.25, 0.3) is 5.91 Å². The molecule has 0 aliphatic heterocycles. The predicted octanol–water partition coefficient (Wildman–Crippen LogP) is 3.05. The number of amides is 1. The fraction of sp³-hybridized carbons (Fsp3) is 0.286. The second-order valence-electron chi connectivity index (χ2n) is 4.45. The van der Waals surface area contributed by atoms with Crippen molar-refractivity contribution in [2.75, 3.05) is 18.1 Å². The van der Waals surface area contributed by atoms with Gasteiger partial charge in [0, 0.05) is 22.2 Å². The number of fused-ring (bicyclic) bond motifs is 1. The van der Waals surface area contributed by atoms with Crippen molar-refractivity contribution in [2.24, 2.45) is 0 Å². The molecule has 7 heteroatoms. The first-order valence-electron chi connectivity index (χ1n) is 6.25. The van der Waals surface area contributed by atoms with Gasteiger partial charge in [0.2, 0.25) is 0 Å². The summed E-state index contributed by atoms with van der Waals surface area (Å²) in [6.45, 7) is 2.32. The lowest BCUT2D eigenvalue weighted by molar-refractivity contribution is -0.133. The van der Waals surface area contributed by atoms with Gasteiger partial charge >= 0.3 is 5.97 Å². The molecule has 5 nitrogen and oxygen atoms in total. The average molecular weight is 372 g/mol. The number of furan rings is 1. The van der Waals surface area contributed by atoms with Gasteiger partial charge in [0.15, 0.2) is 5.76 Å². The molecule has 1 amide bonds. The van der Waals surface area contributed by atoms with Crippen LogP contribution in [0.15, 0.2) is 27.1 Å². The number of rotatable bonds is 6. The van der Waals surface area contributed by atoms with Crippen molar-refractivity contribution in [3.8, 4) is 0 Å². The topological polar surface area (TPSA) is 79.5 Å². The number of carbonyl (C=O) groups is 2. The molecule has 0 aliphatic carbocycles. The number of nitrogens with one attached hydrogen (secondary N) is 1. The molecule has 1 aromatic heterocycles. The van der Waals surface area contributed by atoms with Crippen LogP contribution in [0.25, 0.3) is 11.0 Å². The van der Waals surface area contributed by atoms with E-state index >= 15 is 0 Å². The summed E-state index contributed by atoms with van der Waals surface area (Å²) in [5.41, 5.74) is 1.65. The smallest absolute Gasteiger partial charge is 0.313 e. The molecule has 21 heavy (non-hydrogen) atoms. The molecular weight excluding hydrogens is 358 g/mol. The van der Waals surface area contributed by atoms with E-state index in [-0.39, 0.29) is 17.4 Å². The molecule has 0 radical (unpaired) electrons. The van der Waals surface area contributed by atoms with E-state index < -0.39 is 5.97 Å². The van der Waals surface area contributed by atoms with Crippen LogP contribution in [0.3, 0.4) is 0 Å². The van der Waals surface area contributed by atoms with Crippen molar-refractivity contribution in [1.82, 2.24) is 5.32 Å². The van der Waals surface area contributed by atoms with Crippen LogP contribution in [0.2, 0.25) is 0 Å². The number of hydrogen-bond donors (Lipinski definition) is 2. The minimum absolute atomic E-state index is 0.0354. The van der Waals surface area contributed by atoms with Crippen LogP contribution in [0.4, 0.5) is 0 Å². The SMILES string of the molecule is Cc1cc(Br)cc2cc(C(=O)NCCSCC(=O)O)oc12. The van der Waals surface area contributed by atoms with Crippen molar-refractivity contribution in [3.05, 3.63) is 34.0 Å². The first-order valence-corrected chi connectivity index (χ1v) is 8.19. The lowest BCUT2D eigenvalue weighted by Crippen LogP contribution is -2.25. The maximum absolute atomic E-state index is 12.0. The highest BCUT2D eigenvalue weighted by molar-refractivity contribution is 9.10. The third kappa shape index (κ3) is 4.25. The van der Waals surface area contributed by atoms with Gasteiger partial charge in [-0.1, -0.05) is 15.9 Å². The monoisotopic (exact) mass is 371 g/mol. The zero-order valence-corrected chi connectivity index (χ0v) is 13.7. The van der Waals surface area contributed by atoms with Gasteiger partial charge in [0.05, 0.1) is 5.75 Å². The van der Waals surface area contributed by atoms with Crippen molar-refractivity contribution in [1.29, 1.82) is 0 Å². The first kappa shape index (κ1) is 15.9. The summed E-state index contributed by atoms with van der Waals surface area (Å²) in [6, 6.07) is 5.52. The number of carbonyl (C=O) groups excluding carboxylic acids is 1.